The third-order valence-corrected chi connectivity index (χ3v) is 13.2. The molecule has 2 heterocycles. The molecule has 1 atom stereocenters. The number of hydrogen-bond donors (Lipinski definition) is 0. The number of benzene rings is 4. The van der Waals surface area contributed by atoms with E-state index >= 15 is 0 Å². The predicted molar refractivity (Wildman–Crippen MR) is 223 cm³/mol. The van der Waals surface area contributed by atoms with E-state index in [1.54, 1.807) is 31.4 Å². The Hall–Kier alpha value is -3.71. The van der Waals surface area contributed by atoms with Gasteiger partial charge in [-0.15, -0.1) is 0 Å². The number of hydrogen-bond acceptors (Lipinski definition) is 6. The minimum Gasteiger partial charge on any atom is -1.00 e. The van der Waals surface area contributed by atoms with Crippen LogP contribution < -0.4 is 49.0 Å². The van der Waals surface area contributed by atoms with Crippen LogP contribution in [0.25, 0.3) is 0 Å². The number of ether oxygens (including phenoxy) is 2. The summed E-state index contributed by atoms with van der Waals surface area (Å²) in [5.41, 5.74) is 10.1. The quantitative estimate of drug-likeness (QED) is 0.165. The third-order valence-electron chi connectivity index (χ3n) is 10.7. The molecule has 4 aromatic carbocycles. The fraction of sp³-hybridized carbons (Fsp3) is 0.426. The largest absolute Gasteiger partial charge is 1.00 e. The van der Waals surface area contributed by atoms with Crippen molar-refractivity contribution < 1.29 is 60.6 Å². The number of halogens is 2. The van der Waals surface area contributed by atoms with Crippen LogP contribution in [0.2, 0.25) is 0 Å². The Morgan fingerprint density at radius 1 is 0.702 bits per heavy atom. The minimum atomic E-state index is -0.794. The number of fused-ring (bicyclic) bond motifs is 1. The molecule has 7 nitrogen and oxygen atoms in total. The second kappa shape index (κ2) is 19.4. The summed E-state index contributed by atoms with van der Waals surface area (Å²) in [6.07, 6.45) is -0.794. The SMILES string of the molecule is COc1ccc(C(=O)N2C(=O)C(C(C)C)Oc3c(/[CH]=[Ru+2]/[CH]4N(c5c(C(C)C)cccc5C(C)C)CCN4c4c(C(C)C)cccc4C(C)C)cccc32)cc1.[Cl-].[Cl-]. The van der Waals surface area contributed by atoms with Crippen molar-refractivity contribution in [2.45, 2.75) is 104 Å². The van der Waals surface area contributed by atoms with Gasteiger partial charge in [-0.2, -0.15) is 0 Å². The Kier molecular flexibility index (Phi) is 15.6. The van der Waals surface area contributed by atoms with Crippen LogP contribution in [0.5, 0.6) is 11.5 Å². The Morgan fingerprint density at radius 3 is 1.58 bits per heavy atom. The number of anilines is 3. The van der Waals surface area contributed by atoms with E-state index in [1.807, 2.05) is 26.0 Å². The van der Waals surface area contributed by atoms with E-state index in [4.69, 9.17) is 9.47 Å². The van der Waals surface area contributed by atoms with Crippen molar-refractivity contribution in [3.8, 4) is 11.5 Å². The van der Waals surface area contributed by atoms with Crippen LogP contribution in [0.1, 0.15) is 131 Å². The van der Waals surface area contributed by atoms with Gasteiger partial charge in [-0.25, -0.2) is 0 Å². The second-order valence-corrected chi connectivity index (χ2v) is 18.3. The summed E-state index contributed by atoms with van der Waals surface area (Å²) in [6.45, 7) is 24.2. The van der Waals surface area contributed by atoms with E-state index in [2.05, 4.69) is 112 Å². The first-order valence-corrected chi connectivity index (χ1v) is 21.8. The molecule has 2 aliphatic heterocycles. The summed E-state index contributed by atoms with van der Waals surface area (Å²) in [7, 11) is 1.59. The number of rotatable bonds is 11. The summed E-state index contributed by atoms with van der Waals surface area (Å²) in [5.74, 6) is 1.84. The van der Waals surface area contributed by atoms with E-state index < -0.39 is 22.8 Å². The molecular formula is C47H58Cl2N3O4Ru. The van der Waals surface area contributed by atoms with Gasteiger partial charge >= 0.3 is 338 Å². The van der Waals surface area contributed by atoms with Crippen LogP contribution in [-0.2, 0) is 21.5 Å². The van der Waals surface area contributed by atoms with E-state index in [1.165, 1.54) is 38.5 Å². The maximum Gasteiger partial charge on any atom is -1.00 e. The molecule has 0 spiro atoms. The second-order valence-electron chi connectivity index (χ2n) is 16.3. The van der Waals surface area contributed by atoms with Crippen LogP contribution in [0.15, 0.2) is 78.9 Å². The van der Waals surface area contributed by atoms with E-state index in [9.17, 15) is 9.59 Å². The van der Waals surface area contributed by atoms with Crippen LogP contribution >= 0.6 is 0 Å². The molecule has 1 fully saturated rings. The molecule has 0 aromatic heterocycles. The Labute approximate surface area is 360 Å². The van der Waals surface area contributed by atoms with Crippen molar-refractivity contribution in [2.24, 2.45) is 5.92 Å². The van der Waals surface area contributed by atoms with Gasteiger partial charge in [0.05, 0.1) is 0 Å². The molecule has 0 N–H and O–H groups in total. The molecule has 2 aliphatic rings. The van der Waals surface area contributed by atoms with Gasteiger partial charge in [-0.3, -0.25) is 0 Å². The molecule has 307 valence electrons. The molecule has 6 rings (SSSR count). The van der Waals surface area contributed by atoms with E-state index in [0.717, 1.165) is 18.7 Å². The van der Waals surface area contributed by atoms with Gasteiger partial charge in [0.1, 0.15) is 0 Å². The summed E-state index contributed by atoms with van der Waals surface area (Å²) in [4.78, 5) is 34.9. The van der Waals surface area contributed by atoms with Gasteiger partial charge in [0.15, 0.2) is 0 Å². The Morgan fingerprint density at radius 2 is 1.16 bits per heavy atom. The Bertz CT molecular complexity index is 1940. The fourth-order valence-corrected chi connectivity index (χ4v) is 10.3. The Balaban J connectivity index is 0.00000360. The molecule has 0 aliphatic carbocycles. The molecule has 4 aromatic rings. The van der Waals surface area contributed by atoms with Gasteiger partial charge in [-0.1, -0.05) is 0 Å². The number of imide groups is 1. The number of methoxy groups -OCH3 is 1. The van der Waals surface area contributed by atoms with E-state index in [0.29, 0.717) is 46.4 Å². The smallest absolute Gasteiger partial charge is 1.00 e. The first kappa shape index (κ1) is 46.0. The minimum absolute atomic E-state index is 0. The molecule has 57 heavy (non-hydrogen) atoms. The van der Waals surface area contributed by atoms with Crippen molar-refractivity contribution >= 4 is 33.5 Å². The zero-order chi connectivity index (χ0) is 39.7. The maximum absolute atomic E-state index is 14.2. The molecule has 0 saturated carbocycles. The molecule has 0 bridgehead atoms. The molecule has 10 heteroatoms. The molecule has 1 saturated heterocycles. The molecular weight excluding hydrogens is 843 g/mol. The fourth-order valence-electron chi connectivity index (χ4n) is 7.79. The summed E-state index contributed by atoms with van der Waals surface area (Å²) in [6, 6.07) is 26.4. The van der Waals surface area contributed by atoms with E-state index in [-0.39, 0.29) is 47.3 Å². The summed E-state index contributed by atoms with van der Waals surface area (Å²) in [5, 5.41) is 0. The number of nitrogens with zero attached hydrogens (tertiary/aromatic N) is 3. The summed E-state index contributed by atoms with van der Waals surface area (Å²) < 4.78 is 14.4. The first-order chi connectivity index (χ1) is 26.2. The molecule has 0 radical (unpaired) electrons. The number of carbonyl (C=O) groups excluding carboxylic acids is 2. The molecule has 2 amide bonds. The van der Waals surface area contributed by atoms with Crippen molar-refractivity contribution in [1.82, 2.24) is 0 Å². The van der Waals surface area contributed by atoms with Crippen molar-refractivity contribution in [3.05, 3.63) is 112 Å². The van der Waals surface area contributed by atoms with Crippen molar-refractivity contribution in [2.75, 3.05) is 34.9 Å². The van der Waals surface area contributed by atoms with Gasteiger partial charge in [-0.05, 0) is 0 Å². The van der Waals surface area contributed by atoms with Gasteiger partial charge in [0.2, 0.25) is 0 Å². The summed E-state index contributed by atoms with van der Waals surface area (Å²) >= 11 is -0.458. The topological polar surface area (TPSA) is 62.3 Å². The third kappa shape index (κ3) is 9.14. The zero-order valence-corrected chi connectivity index (χ0v) is 38.4. The standard InChI is InChI=1S/C27H39N2.C20H19NO4.2ClH.Ru/c1-18(2)22-11-9-12-23(19(3)4)26(22)28-15-16-29(17-28)27-24(20(5)6)13-10-14-25(27)21(7)8;1-12(2)17-20(23)21(16-7-5-6-13(3)18(16)25-17)19(22)14-8-10-15(24-4)11-9-14;;;/h9-14,17-21H,15-16H2,1-8H3;3,5-12,17H,1-2,4H3;2*1H;/q;;;;+2/p-2. The predicted octanol–water partition coefficient (Wildman–Crippen LogP) is 4.33. The number of carbonyl (C=O) groups is 2. The number of para-hydroxylation sites is 3. The number of amides is 2. The van der Waals surface area contributed by atoms with Gasteiger partial charge < -0.3 is 24.8 Å². The monoisotopic (exact) mass is 900 g/mol. The molecule has 1 unspecified atom stereocenters. The first-order valence-electron chi connectivity index (χ1n) is 19.8. The maximum atomic E-state index is 14.2. The van der Waals surface area contributed by atoms with Gasteiger partial charge in [0.25, 0.3) is 0 Å². The average Bonchev–Trinajstić information content (AvgIpc) is 3.58. The van der Waals surface area contributed by atoms with Crippen LogP contribution in [0, 0.1) is 5.92 Å². The zero-order valence-electron chi connectivity index (χ0n) is 35.1. The van der Waals surface area contributed by atoms with Crippen LogP contribution in [0.4, 0.5) is 17.1 Å². The van der Waals surface area contributed by atoms with Gasteiger partial charge in [0, 0.05) is 0 Å². The van der Waals surface area contributed by atoms with Crippen LogP contribution in [-0.4, -0.2) is 47.5 Å². The van der Waals surface area contributed by atoms with Crippen LogP contribution in [0.3, 0.4) is 0 Å². The normalized spacial score (nSPS) is 15.8. The van der Waals surface area contributed by atoms with Crippen molar-refractivity contribution in [3.63, 3.8) is 0 Å². The van der Waals surface area contributed by atoms with Crippen molar-refractivity contribution in [1.29, 1.82) is 0 Å². The average molecular weight is 901 g/mol.